The summed E-state index contributed by atoms with van der Waals surface area (Å²) in [5.41, 5.74) is 5.50. The summed E-state index contributed by atoms with van der Waals surface area (Å²) in [5, 5.41) is 17.0. The van der Waals surface area contributed by atoms with Crippen LogP contribution >= 0.6 is 0 Å². The first-order valence-corrected chi connectivity index (χ1v) is 2.67. The van der Waals surface area contributed by atoms with Gasteiger partial charge in [0.15, 0.2) is 0 Å². The minimum Gasteiger partial charge on any atom is -0.859 e. The fourth-order valence-corrected chi connectivity index (χ4v) is 0.540. The van der Waals surface area contributed by atoms with E-state index in [9.17, 15) is 5.11 Å². The average Bonchev–Trinajstić information content (AvgIpc) is 1.88. The Bertz CT molecular complexity index is 242. The maximum Gasteiger partial charge on any atom is 0.123 e. The second kappa shape index (κ2) is 2.34. The molecule has 0 spiro atoms. The average molecular weight is 136 g/mol. The van der Waals surface area contributed by atoms with Gasteiger partial charge < -0.3 is 16.2 Å². The van der Waals surface area contributed by atoms with Crippen LogP contribution in [0.5, 0.6) is 0 Å². The van der Waals surface area contributed by atoms with E-state index < -0.39 is 5.90 Å². The first-order chi connectivity index (χ1) is 4.70. The lowest BCUT2D eigenvalue weighted by Gasteiger charge is -2.05. The van der Waals surface area contributed by atoms with Crippen LogP contribution in [0.25, 0.3) is 0 Å². The van der Waals surface area contributed by atoms with Gasteiger partial charge in [0.1, 0.15) is 5.82 Å². The number of nitrogens with zero attached hydrogens (tertiary/aromatic N) is 1. The van der Waals surface area contributed by atoms with Crippen molar-refractivity contribution in [2.45, 2.75) is 0 Å². The van der Waals surface area contributed by atoms with Gasteiger partial charge in [0, 0.05) is 11.8 Å². The quantitative estimate of drug-likeness (QED) is 0.397. The molecule has 4 nitrogen and oxygen atoms in total. The summed E-state index contributed by atoms with van der Waals surface area (Å²) in [7, 11) is 0. The van der Waals surface area contributed by atoms with Gasteiger partial charge in [0.25, 0.3) is 0 Å². The fraction of sp³-hybridized carbons (Fsp3) is 0. The first kappa shape index (κ1) is 6.54. The highest BCUT2D eigenvalue weighted by Crippen LogP contribution is 1.98. The maximum atomic E-state index is 10.3. The van der Waals surface area contributed by atoms with Crippen LogP contribution in [0.1, 0.15) is 5.56 Å². The predicted molar refractivity (Wildman–Crippen MR) is 35.5 cm³/mol. The summed E-state index contributed by atoms with van der Waals surface area (Å²) in [4.78, 5) is 3.64. The van der Waals surface area contributed by atoms with Gasteiger partial charge >= 0.3 is 0 Å². The molecule has 0 saturated carbocycles. The van der Waals surface area contributed by atoms with E-state index in [2.05, 4.69) is 4.98 Å². The van der Waals surface area contributed by atoms with Crippen molar-refractivity contribution in [3.8, 4) is 0 Å². The Labute approximate surface area is 57.8 Å². The Morgan fingerprint density at radius 1 is 1.60 bits per heavy atom. The van der Waals surface area contributed by atoms with E-state index in [1.165, 1.54) is 18.3 Å². The van der Waals surface area contributed by atoms with Gasteiger partial charge in [-0.1, -0.05) is 0 Å². The van der Waals surface area contributed by atoms with E-state index in [0.29, 0.717) is 5.82 Å². The Morgan fingerprint density at radius 2 is 2.30 bits per heavy atom. The molecule has 0 unspecified atom stereocenters. The number of hydrogen-bond acceptors (Lipinski definition) is 4. The topological polar surface area (TPSA) is 85.8 Å². The minimum absolute atomic E-state index is 0.259. The summed E-state index contributed by atoms with van der Waals surface area (Å²) in [6.45, 7) is 0. The van der Waals surface area contributed by atoms with Crippen molar-refractivity contribution in [3.05, 3.63) is 23.9 Å². The molecular weight excluding hydrogens is 130 g/mol. The third-order valence-corrected chi connectivity index (χ3v) is 1.05. The van der Waals surface area contributed by atoms with Gasteiger partial charge in [-0.2, -0.15) is 0 Å². The standard InChI is InChI=1S/C6H7N3O/c7-5-2-1-4(3-9-5)6(8)10/h1-3H,(H2,7,9)(H2,8,10)/p-1. The van der Waals surface area contributed by atoms with Gasteiger partial charge in [0.2, 0.25) is 0 Å². The number of pyridine rings is 1. The number of hydrogen-bond donors (Lipinski definition) is 2. The molecular formula is C6H6N3O-. The normalized spacial score (nSPS) is 9.20. The van der Waals surface area contributed by atoms with Crippen LogP contribution in [-0.4, -0.2) is 10.9 Å². The number of nitrogens with one attached hydrogen (secondary N) is 1. The van der Waals surface area contributed by atoms with Crippen LogP contribution in [-0.2, 0) is 0 Å². The molecule has 0 aliphatic rings. The highest BCUT2D eigenvalue weighted by atomic mass is 16.3. The van der Waals surface area contributed by atoms with Crippen molar-refractivity contribution in [1.29, 1.82) is 5.41 Å². The zero-order valence-corrected chi connectivity index (χ0v) is 5.16. The van der Waals surface area contributed by atoms with E-state index in [1.807, 2.05) is 0 Å². The molecule has 1 rings (SSSR count). The molecule has 10 heavy (non-hydrogen) atoms. The van der Waals surface area contributed by atoms with E-state index in [-0.39, 0.29) is 5.56 Å². The molecule has 4 heteroatoms. The SMILES string of the molecule is N=C([O-])c1ccc(N)nc1. The Balaban J connectivity index is 3.00. The fourth-order valence-electron chi connectivity index (χ4n) is 0.540. The van der Waals surface area contributed by atoms with Crippen LogP contribution in [0.2, 0.25) is 0 Å². The van der Waals surface area contributed by atoms with Gasteiger partial charge in [0.05, 0.1) is 0 Å². The summed E-state index contributed by atoms with van der Waals surface area (Å²) < 4.78 is 0. The van der Waals surface area contributed by atoms with E-state index in [0.717, 1.165) is 0 Å². The molecule has 0 saturated heterocycles. The van der Waals surface area contributed by atoms with Crippen LogP contribution in [0, 0.1) is 5.41 Å². The maximum absolute atomic E-state index is 10.3. The van der Waals surface area contributed by atoms with Crippen molar-refractivity contribution in [1.82, 2.24) is 4.98 Å². The lowest BCUT2D eigenvalue weighted by atomic mass is 10.3. The van der Waals surface area contributed by atoms with Crippen LogP contribution in [0.4, 0.5) is 5.82 Å². The zero-order chi connectivity index (χ0) is 7.56. The predicted octanol–water partition coefficient (Wildman–Crippen LogP) is -0.651. The second-order valence-electron chi connectivity index (χ2n) is 1.80. The minimum atomic E-state index is -0.743. The molecule has 0 atom stereocenters. The molecule has 0 aliphatic heterocycles. The monoisotopic (exact) mass is 136 g/mol. The summed E-state index contributed by atoms with van der Waals surface area (Å²) >= 11 is 0. The summed E-state index contributed by atoms with van der Waals surface area (Å²) in [6.07, 6.45) is 1.28. The first-order valence-electron chi connectivity index (χ1n) is 2.67. The van der Waals surface area contributed by atoms with Gasteiger partial charge in [-0.25, -0.2) is 4.98 Å². The molecule has 0 fully saturated rings. The van der Waals surface area contributed by atoms with Crippen LogP contribution < -0.4 is 10.8 Å². The molecule has 0 aliphatic carbocycles. The number of aromatic nitrogens is 1. The van der Waals surface area contributed by atoms with Gasteiger partial charge in [-0.05, 0) is 18.0 Å². The number of rotatable bonds is 1. The Morgan fingerprint density at radius 3 is 2.70 bits per heavy atom. The van der Waals surface area contributed by atoms with Crippen LogP contribution in [0.15, 0.2) is 18.3 Å². The van der Waals surface area contributed by atoms with Crippen molar-refractivity contribution in [2.75, 3.05) is 5.73 Å². The lowest BCUT2D eigenvalue weighted by molar-refractivity contribution is -0.214. The van der Waals surface area contributed by atoms with Crippen molar-refractivity contribution in [2.24, 2.45) is 0 Å². The molecule has 0 amide bonds. The molecule has 0 bridgehead atoms. The Hall–Kier alpha value is -1.58. The molecule has 3 N–H and O–H groups in total. The smallest absolute Gasteiger partial charge is 0.123 e. The number of nitrogens with two attached hydrogens (primary N) is 1. The highest BCUT2D eigenvalue weighted by molar-refractivity contribution is 5.87. The highest BCUT2D eigenvalue weighted by Gasteiger charge is 1.88. The molecule has 1 heterocycles. The largest absolute Gasteiger partial charge is 0.859 e. The third-order valence-electron chi connectivity index (χ3n) is 1.05. The molecule has 1 aromatic heterocycles. The van der Waals surface area contributed by atoms with E-state index >= 15 is 0 Å². The lowest BCUT2D eigenvalue weighted by Crippen LogP contribution is -2.16. The number of nitrogen functional groups attached to an aromatic ring is 1. The molecule has 52 valence electrons. The summed E-state index contributed by atoms with van der Waals surface area (Å²) in [5.74, 6) is -0.391. The number of anilines is 1. The molecule has 1 aromatic rings. The van der Waals surface area contributed by atoms with Gasteiger partial charge in [-0.15, -0.1) is 0 Å². The third kappa shape index (κ3) is 1.22. The van der Waals surface area contributed by atoms with E-state index in [1.54, 1.807) is 0 Å². The van der Waals surface area contributed by atoms with Crippen molar-refractivity contribution >= 4 is 11.7 Å². The van der Waals surface area contributed by atoms with Gasteiger partial charge in [-0.3, -0.25) is 0 Å². The molecule has 0 aromatic carbocycles. The van der Waals surface area contributed by atoms with Crippen molar-refractivity contribution in [3.63, 3.8) is 0 Å². The summed E-state index contributed by atoms with van der Waals surface area (Å²) in [6, 6.07) is 2.96. The van der Waals surface area contributed by atoms with Crippen molar-refractivity contribution < 1.29 is 5.11 Å². The zero-order valence-electron chi connectivity index (χ0n) is 5.16. The Kier molecular flexibility index (Phi) is 1.53. The van der Waals surface area contributed by atoms with E-state index in [4.69, 9.17) is 11.1 Å². The second-order valence-corrected chi connectivity index (χ2v) is 1.80. The molecule has 0 radical (unpaired) electrons. The van der Waals surface area contributed by atoms with Crippen LogP contribution in [0.3, 0.4) is 0 Å².